The Morgan fingerprint density at radius 2 is 1.57 bits per heavy atom. The predicted molar refractivity (Wildman–Crippen MR) is 78.1 cm³/mol. The first-order chi connectivity index (χ1) is 10.2. The molecule has 5 fully saturated rings. The maximum Gasteiger partial charge on any atom is 0.302 e. The first kappa shape index (κ1) is 11.7. The Kier molecular flexibility index (Phi) is 2.00. The van der Waals surface area contributed by atoms with Crippen molar-refractivity contribution in [2.45, 2.75) is 38.7 Å². The summed E-state index contributed by atoms with van der Waals surface area (Å²) in [5, 5.41) is 0. The van der Waals surface area contributed by atoms with Crippen molar-refractivity contribution in [2.24, 2.45) is 59.2 Å². The van der Waals surface area contributed by atoms with Gasteiger partial charge in [0.05, 0.1) is 0 Å². The van der Waals surface area contributed by atoms with Gasteiger partial charge < -0.3 is 4.74 Å². The third-order valence-electron chi connectivity index (χ3n) is 8.49. The van der Waals surface area contributed by atoms with Crippen molar-refractivity contribution >= 4 is 5.97 Å². The first-order valence-corrected chi connectivity index (χ1v) is 9.08. The molecule has 0 aromatic rings. The normalized spacial score (nSPS) is 64.1. The van der Waals surface area contributed by atoms with E-state index in [1.807, 2.05) is 0 Å². The SMILES string of the molecule is CC(=O)OC1CC2CC1C1C3CC(C4C5C=CC(C5)C34)C21. The number of allylic oxidation sites excluding steroid dienone is 2. The van der Waals surface area contributed by atoms with E-state index in [-0.39, 0.29) is 12.1 Å². The van der Waals surface area contributed by atoms with Gasteiger partial charge >= 0.3 is 5.97 Å². The Morgan fingerprint density at radius 3 is 2.29 bits per heavy atom. The zero-order valence-electron chi connectivity index (χ0n) is 12.7. The molecule has 21 heavy (non-hydrogen) atoms. The number of rotatable bonds is 1. The summed E-state index contributed by atoms with van der Waals surface area (Å²) < 4.78 is 5.68. The number of carbonyl (C=O) groups excluding carboxylic acids is 1. The van der Waals surface area contributed by atoms with Crippen LogP contribution in [0.3, 0.4) is 0 Å². The van der Waals surface area contributed by atoms with Crippen molar-refractivity contribution in [3.8, 4) is 0 Å². The number of hydrogen-bond donors (Lipinski definition) is 0. The minimum atomic E-state index is -0.0620. The molecule has 0 aromatic carbocycles. The maximum atomic E-state index is 11.4. The monoisotopic (exact) mass is 284 g/mol. The highest BCUT2D eigenvalue weighted by Crippen LogP contribution is 2.75. The third-order valence-corrected chi connectivity index (χ3v) is 8.49. The Hall–Kier alpha value is -0.790. The molecule has 6 rings (SSSR count). The lowest BCUT2D eigenvalue weighted by Gasteiger charge is -2.45. The van der Waals surface area contributed by atoms with Crippen LogP contribution in [0.25, 0.3) is 0 Å². The minimum absolute atomic E-state index is 0.0620. The molecule has 0 amide bonds. The molecule has 2 nitrogen and oxygen atoms in total. The fourth-order valence-electron chi connectivity index (χ4n) is 8.54. The van der Waals surface area contributed by atoms with Crippen LogP contribution in [-0.4, -0.2) is 12.1 Å². The van der Waals surface area contributed by atoms with Crippen molar-refractivity contribution in [3.63, 3.8) is 0 Å². The van der Waals surface area contributed by atoms with E-state index in [0.29, 0.717) is 5.92 Å². The predicted octanol–water partition coefficient (Wildman–Crippen LogP) is 3.28. The second-order valence-corrected chi connectivity index (χ2v) is 8.86. The highest BCUT2D eigenvalue weighted by Gasteiger charge is 2.71. The van der Waals surface area contributed by atoms with Crippen molar-refractivity contribution in [1.82, 2.24) is 0 Å². The van der Waals surface area contributed by atoms with E-state index in [4.69, 9.17) is 4.74 Å². The molecule has 0 spiro atoms. The lowest BCUT2D eigenvalue weighted by atomic mass is 9.60. The second-order valence-electron chi connectivity index (χ2n) is 8.86. The van der Waals surface area contributed by atoms with Crippen LogP contribution in [0, 0.1) is 59.2 Å². The van der Waals surface area contributed by atoms with E-state index in [1.165, 1.54) is 25.7 Å². The molecule has 6 aliphatic carbocycles. The maximum absolute atomic E-state index is 11.4. The lowest BCUT2D eigenvalue weighted by molar-refractivity contribution is -0.152. The molecule has 11 unspecified atom stereocenters. The fraction of sp³-hybridized carbons (Fsp3) is 0.842. The Labute approximate surface area is 126 Å². The molecule has 0 radical (unpaired) electrons. The molecule has 6 aliphatic rings. The molecule has 11 atom stereocenters. The Morgan fingerprint density at radius 1 is 0.857 bits per heavy atom. The van der Waals surface area contributed by atoms with E-state index in [0.717, 1.165) is 53.3 Å². The van der Waals surface area contributed by atoms with Gasteiger partial charge in [-0.3, -0.25) is 4.79 Å². The molecule has 0 N–H and O–H groups in total. The molecule has 5 saturated carbocycles. The third kappa shape index (κ3) is 1.22. The average molecular weight is 284 g/mol. The molecule has 2 heteroatoms. The zero-order valence-corrected chi connectivity index (χ0v) is 12.7. The van der Waals surface area contributed by atoms with Crippen molar-refractivity contribution in [3.05, 3.63) is 12.2 Å². The number of fused-ring (bicyclic) bond motifs is 16. The fourth-order valence-corrected chi connectivity index (χ4v) is 8.54. The van der Waals surface area contributed by atoms with Crippen LogP contribution in [-0.2, 0) is 9.53 Å². The molecule has 0 aromatic heterocycles. The summed E-state index contributed by atoms with van der Waals surface area (Å²) in [4.78, 5) is 11.4. The summed E-state index contributed by atoms with van der Waals surface area (Å²) in [6, 6.07) is 0. The molecular weight excluding hydrogens is 260 g/mol. The van der Waals surface area contributed by atoms with Gasteiger partial charge in [-0.15, -0.1) is 0 Å². The molecule has 0 aliphatic heterocycles. The van der Waals surface area contributed by atoms with E-state index >= 15 is 0 Å². The van der Waals surface area contributed by atoms with Gasteiger partial charge in [-0.1, -0.05) is 12.2 Å². The van der Waals surface area contributed by atoms with Gasteiger partial charge in [0.25, 0.3) is 0 Å². The van der Waals surface area contributed by atoms with Gasteiger partial charge in [0.2, 0.25) is 0 Å². The number of carbonyl (C=O) groups is 1. The summed E-state index contributed by atoms with van der Waals surface area (Å²) >= 11 is 0. The van der Waals surface area contributed by atoms with Crippen LogP contribution in [0.2, 0.25) is 0 Å². The van der Waals surface area contributed by atoms with Gasteiger partial charge in [-0.05, 0) is 84.9 Å². The van der Waals surface area contributed by atoms with E-state index in [2.05, 4.69) is 12.2 Å². The van der Waals surface area contributed by atoms with E-state index in [1.54, 1.807) is 6.92 Å². The van der Waals surface area contributed by atoms with Crippen molar-refractivity contribution in [1.29, 1.82) is 0 Å². The average Bonchev–Trinajstić information content (AvgIpc) is 3.22. The summed E-state index contributed by atoms with van der Waals surface area (Å²) in [5.41, 5.74) is 0. The van der Waals surface area contributed by atoms with Crippen LogP contribution in [0.4, 0.5) is 0 Å². The molecule has 0 saturated heterocycles. The molecule has 0 heterocycles. The first-order valence-electron chi connectivity index (χ1n) is 9.08. The summed E-state index contributed by atoms with van der Waals surface area (Å²) in [6.45, 7) is 1.58. The van der Waals surface area contributed by atoms with Crippen LogP contribution in [0.1, 0.15) is 32.6 Å². The largest absolute Gasteiger partial charge is 0.462 e. The summed E-state index contributed by atoms with van der Waals surface area (Å²) in [6.07, 6.45) is 10.9. The van der Waals surface area contributed by atoms with E-state index < -0.39 is 0 Å². The topological polar surface area (TPSA) is 26.3 Å². The van der Waals surface area contributed by atoms with Crippen molar-refractivity contribution in [2.75, 3.05) is 0 Å². The van der Waals surface area contributed by atoms with Crippen LogP contribution in [0.15, 0.2) is 12.2 Å². The lowest BCUT2D eigenvalue weighted by Crippen LogP contribution is -2.43. The quantitative estimate of drug-likeness (QED) is 0.419. The summed E-state index contributed by atoms with van der Waals surface area (Å²) in [5.74, 6) is 9.31. The van der Waals surface area contributed by atoms with Crippen LogP contribution in [0.5, 0.6) is 0 Å². The molecule has 6 bridgehead atoms. The molecular formula is C19H24O2. The number of hydrogen-bond acceptors (Lipinski definition) is 2. The minimum Gasteiger partial charge on any atom is -0.462 e. The van der Waals surface area contributed by atoms with Gasteiger partial charge in [0.1, 0.15) is 6.10 Å². The number of esters is 1. The standard InChI is InChI=1S/C19H24O2/c1-8(20)21-15-6-11-5-12(15)19-14-7-13(18(11)19)16-9-2-3-10(4-9)17(14)16/h2-3,9-19H,4-7H2,1H3. The van der Waals surface area contributed by atoms with Crippen molar-refractivity contribution < 1.29 is 9.53 Å². The Bertz CT molecular complexity index is 552. The highest BCUT2D eigenvalue weighted by atomic mass is 16.5. The van der Waals surface area contributed by atoms with Gasteiger partial charge in [-0.2, -0.15) is 0 Å². The van der Waals surface area contributed by atoms with Gasteiger partial charge in [0.15, 0.2) is 0 Å². The molecule has 112 valence electrons. The van der Waals surface area contributed by atoms with Crippen LogP contribution < -0.4 is 0 Å². The van der Waals surface area contributed by atoms with Crippen LogP contribution >= 0.6 is 0 Å². The summed E-state index contributed by atoms with van der Waals surface area (Å²) in [7, 11) is 0. The smallest absolute Gasteiger partial charge is 0.302 e. The zero-order chi connectivity index (χ0) is 13.9. The van der Waals surface area contributed by atoms with Gasteiger partial charge in [-0.25, -0.2) is 0 Å². The highest BCUT2D eigenvalue weighted by molar-refractivity contribution is 5.66. The van der Waals surface area contributed by atoms with E-state index in [9.17, 15) is 4.79 Å². The number of ether oxygens (including phenoxy) is 1. The second kappa shape index (κ2) is 3.58. The Balaban J connectivity index is 1.35. The van der Waals surface area contributed by atoms with Gasteiger partial charge in [0, 0.05) is 6.92 Å².